The molecule has 176 valence electrons. The average Bonchev–Trinajstić information content (AvgIpc) is 3.30. The summed E-state index contributed by atoms with van der Waals surface area (Å²) >= 11 is 12.4. The van der Waals surface area contributed by atoms with Crippen molar-refractivity contribution in [2.24, 2.45) is 11.8 Å². The largest absolute Gasteiger partial charge is 0.339 e. The van der Waals surface area contributed by atoms with Gasteiger partial charge in [0.2, 0.25) is 11.7 Å². The molecule has 33 heavy (non-hydrogen) atoms. The summed E-state index contributed by atoms with van der Waals surface area (Å²) in [6.45, 7) is 0. The van der Waals surface area contributed by atoms with Crippen LogP contribution in [0.3, 0.4) is 0 Å². The predicted octanol–water partition coefficient (Wildman–Crippen LogP) is 7.35. The number of halogens is 2. The monoisotopic (exact) mass is 485 g/mol. The molecule has 0 amide bonds. The highest BCUT2D eigenvalue weighted by atomic mass is 35.5. The topological polar surface area (TPSA) is 42.2 Å². The van der Waals surface area contributed by atoms with Crippen molar-refractivity contribution >= 4 is 23.2 Å². The average molecular weight is 486 g/mol. The first-order valence-corrected chi connectivity index (χ1v) is 12.7. The lowest BCUT2D eigenvalue weighted by atomic mass is 9.75. The Bertz CT molecular complexity index is 1010. The van der Waals surface area contributed by atoms with Crippen LogP contribution in [-0.2, 0) is 12.8 Å². The van der Waals surface area contributed by atoms with Crippen LogP contribution in [-0.4, -0.2) is 35.2 Å². The Kier molecular flexibility index (Phi) is 8.45. The van der Waals surface area contributed by atoms with Crippen LogP contribution >= 0.6 is 23.2 Å². The number of hydrogen-bond acceptors (Lipinski definition) is 4. The minimum Gasteiger partial charge on any atom is -0.339 e. The number of nitrogens with zero attached hydrogens (tertiary/aromatic N) is 3. The summed E-state index contributed by atoms with van der Waals surface area (Å²) in [5, 5.41) is 5.08. The van der Waals surface area contributed by atoms with Gasteiger partial charge in [0.05, 0.1) is 10.0 Å². The number of aromatic nitrogens is 2. The second-order valence-corrected chi connectivity index (χ2v) is 10.3. The summed E-state index contributed by atoms with van der Waals surface area (Å²) in [5.74, 6) is 2.69. The van der Waals surface area contributed by atoms with E-state index in [9.17, 15) is 0 Å². The summed E-state index contributed by atoms with van der Waals surface area (Å²) in [6, 6.07) is 17.0. The molecule has 1 atom stereocenters. The van der Waals surface area contributed by atoms with Crippen molar-refractivity contribution in [2.75, 3.05) is 14.1 Å². The summed E-state index contributed by atoms with van der Waals surface area (Å²) in [7, 11) is 4.47. The van der Waals surface area contributed by atoms with Gasteiger partial charge in [-0.2, -0.15) is 4.98 Å². The molecule has 1 aliphatic rings. The fourth-order valence-electron chi connectivity index (χ4n) is 5.21. The zero-order chi connectivity index (χ0) is 23.2. The lowest BCUT2D eigenvalue weighted by Gasteiger charge is -2.37. The summed E-state index contributed by atoms with van der Waals surface area (Å²) in [5.41, 5.74) is 2.15. The standard InChI is InChI=1S/C27H33Cl2N3O/c1-32(2)24(17-13-19-7-4-3-5-8-19)21-15-11-20(12-16-21)14-18-25-30-27(31-33-25)22-9-6-10-23(28)26(22)29/h3-10,20-21,24H,11-18H2,1-2H3. The van der Waals surface area contributed by atoms with E-state index in [0.29, 0.717) is 33.4 Å². The van der Waals surface area contributed by atoms with Crippen LogP contribution in [0.15, 0.2) is 53.1 Å². The molecule has 3 aromatic rings. The van der Waals surface area contributed by atoms with E-state index in [2.05, 4.69) is 59.5 Å². The van der Waals surface area contributed by atoms with Crippen LogP contribution < -0.4 is 0 Å². The molecule has 0 saturated heterocycles. The fraction of sp³-hybridized carbons (Fsp3) is 0.481. The second-order valence-electron chi connectivity index (χ2n) is 9.49. The smallest absolute Gasteiger partial charge is 0.226 e. The molecular formula is C27H33Cl2N3O. The molecule has 0 N–H and O–H groups in total. The summed E-state index contributed by atoms with van der Waals surface area (Å²) in [6.07, 6.45) is 9.44. The van der Waals surface area contributed by atoms with Gasteiger partial charge in [0, 0.05) is 18.0 Å². The zero-order valence-electron chi connectivity index (χ0n) is 19.5. The van der Waals surface area contributed by atoms with E-state index in [-0.39, 0.29) is 0 Å². The van der Waals surface area contributed by atoms with Crippen molar-refractivity contribution in [3.63, 3.8) is 0 Å². The summed E-state index contributed by atoms with van der Waals surface area (Å²) < 4.78 is 5.50. The van der Waals surface area contributed by atoms with Gasteiger partial charge < -0.3 is 9.42 Å². The molecule has 1 unspecified atom stereocenters. The highest BCUT2D eigenvalue weighted by Crippen LogP contribution is 2.36. The van der Waals surface area contributed by atoms with Crippen molar-refractivity contribution < 1.29 is 4.52 Å². The van der Waals surface area contributed by atoms with Crippen LogP contribution in [0.4, 0.5) is 0 Å². The Morgan fingerprint density at radius 2 is 1.73 bits per heavy atom. The number of rotatable bonds is 9. The van der Waals surface area contributed by atoms with Gasteiger partial charge in [-0.15, -0.1) is 0 Å². The van der Waals surface area contributed by atoms with Crippen LogP contribution in [0.2, 0.25) is 10.0 Å². The van der Waals surface area contributed by atoms with Crippen LogP contribution in [0.5, 0.6) is 0 Å². The second kappa shape index (κ2) is 11.5. The molecule has 0 aliphatic heterocycles. The van der Waals surface area contributed by atoms with Gasteiger partial charge in [0.1, 0.15) is 0 Å². The Morgan fingerprint density at radius 1 is 0.970 bits per heavy atom. The molecule has 4 nitrogen and oxygen atoms in total. The third-order valence-electron chi connectivity index (χ3n) is 7.10. The first kappa shape index (κ1) is 24.3. The molecule has 1 heterocycles. The van der Waals surface area contributed by atoms with Gasteiger partial charge in [-0.1, -0.05) is 77.6 Å². The molecular weight excluding hydrogens is 453 g/mol. The minimum atomic E-state index is 0.465. The van der Waals surface area contributed by atoms with Crippen LogP contribution in [0, 0.1) is 11.8 Å². The highest BCUT2D eigenvalue weighted by Gasteiger charge is 2.29. The van der Waals surface area contributed by atoms with Crippen molar-refractivity contribution in [2.45, 2.75) is 57.4 Å². The third kappa shape index (κ3) is 6.38. The number of aryl methyl sites for hydroxylation is 2. The molecule has 4 rings (SSSR count). The first-order valence-electron chi connectivity index (χ1n) is 12.0. The molecule has 1 aromatic heterocycles. The van der Waals surface area contributed by atoms with E-state index < -0.39 is 0 Å². The Hall–Kier alpha value is -1.88. The fourth-order valence-corrected chi connectivity index (χ4v) is 5.59. The van der Waals surface area contributed by atoms with E-state index in [4.69, 9.17) is 27.7 Å². The zero-order valence-corrected chi connectivity index (χ0v) is 21.0. The predicted molar refractivity (Wildman–Crippen MR) is 136 cm³/mol. The molecule has 0 bridgehead atoms. The summed E-state index contributed by atoms with van der Waals surface area (Å²) in [4.78, 5) is 7.00. The van der Waals surface area contributed by atoms with Crippen molar-refractivity contribution in [3.8, 4) is 11.4 Å². The van der Waals surface area contributed by atoms with Crippen molar-refractivity contribution in [1.82, 2.24) is 15.0 Å². The quantitative estimate of drug-likeness (QED) is 0.317. The third-order valence-corrected chi connectivity index (χ3v) is 7.92. The molecule has 1 saturated carbocycles. The maximum Gasteiger partial charge on any atom is 0.226 e. The van der Waals surface area contributed by atoms with E-state index in [1.807, 2.05) is 12.1 Å². The van der Waals surface area contributed by atoms with Gasteiger partial charge in [0.25, 0.3) is 0 Å². The Labute approximate surface area is 207 Å². The number of hydrogen-bond donors (Lipinski definition) is 0. The SMILES string of the molecule is CN(C)C(CCc1ccccc1)C1CCC(CCc2nc(-c3cccc(Cl)c3Cl)no2)CC1. The first-order chi connectivity index (χ1) is 16.0. The van der Waals surface area contributed by atoms with Crippen molar-refractivity contribution in [3.05, 3.63) is 70.0 Å². The van der Waals surface area contributed by atoms with Gasteiger partial charge in [-0.05, 0) is 75.7 Å². The maximum atomic E-state index is 6.30. The van der Waals surface area contributed by atoms with Crippen molar-refractivity contribution in [1.29, 1.82) is 0 Å². The molecule has 0 spiro atoms. The highest BCUT2D eigenvalue weighted by molar-refractivity contribution is 6.43. The van der Waals surface area contributed by atoms with E-state index in [1.54, 1.807) is 6.07 Å². The van der Waals surface area contributed by atoms with Gasteiger partial charge in [-0.3, -0.25) is 0 Å². The molecule has 6 heteroatoms. The van der Waals surface area contributed by atoms with Crippen LogP contribution in [0.25, 0.3) is 11.4 Å². The molecule has 2 aromatic carbocycles. The Morgan fingerprint density at radius 3 is 2.45 bits per heavy atom. The lowest BCUT2D eigenvalue weighted by Crippen LogP contribution is -2.37. The van der Waals surface area contributed by atoms with E-state index in [0.717, 1.165) is 31.1 Å². The van der Waals surface area contributed by atoms with E-state index >= 15 is 0 Å². The lowest BCUT2D eigenvalue weighted by molar-refractivity contribution is 0.137. The molecule has 0 radical (unpaired) electrons. The maximum absolute atomic E-state index is 6.30. The normalized spacial score (nSPS) is 19.7. The van der Waals surface area contributed by atoms with E-state index in [1.165, 1.54) is 37.7 Å². The minimum absolute atomic E-state index is 0.465. The van der Waals surface area contributed by atoms with Gasteiger partial charge in [-0.25, -0.2) is 0 Å². The number of benzene rings is 2. The molecule has 1 aliphatic carbocycles. The molecule has 1 fully saturated rings. The van der Waals surface area contributed by atoms with Gasteiger partial charge >= 0.3 is 0 Å². The van der Waals surface area contributed by atoms with Gasteiger partial charge in [0.15, 0.2) is 0 Å². The Balaban J connectivity index is 1.26. The van der Waals surface area contributed by atoms with Crippen LogP contribution in [0.1, 0.15) is 50.0 Å².